The molecule has 5 rings (SSSR count). The number of nitrogens with zero attached hydrogens (tertiary/aromatic N) is 2. The quantitative estimate of drug-likeness (QED) is 0.0956. The van der Waals surface area contributed by atoms with Gasteiger partial charge in [0.1, 0.15) is 35.6 Å². The number of allylic oxidation sites excluding steroid dienone is 1. The maximum absolute atomic E-state index is 14.6. The second kappa shape index (κ2) is 17.9. The van der Waals surface area contributed by atoms with Gasteiger partial charge in [-0.15, -0.1) is 6.58 Å². The number of hydrogen-bond acceptors (Lipinski definition) is 9. The zero-order chi connectivity index (χ0) is 38.2. The molecule has 2 aliphatic carbocycles. The molecule has 0 radical (unpaired) electrons. The standard InChI is InChI=1S/C42H57FN2O8/c1-7-23-51-42-37(45(6)40(48)49-8-2)26-35(44-53-41(3,4)5)32-24-28(15-11-13-21-46)31(17-12-14-22-47)38(39(32)42)33-25-30(19-20-36(33)52-42)50-27-29-16-9-10-18-34(29)43/h7,9-10,16,18-20,24-25,28,31,37-39,46-47H,1,8,11-15,17,21-23,26-27H2,2-6H3/t28-,31+,37-,38+,39+,42+/m0/s1. The van der Waals surface area contributed by atoms with Gasteiger partial charge in [-0.05, 0) is 95.1 Å². The average molecular weight is 737 g/mol. The summed E-state index contributed by atoms with van der Waals surface area (Å²) in [5, 5.41) is 24.4. The normalized spacial score (nSPS) is 25.4. The number of ether oxygens (including phenoxy) is 4. The van der Waals surface area contributed by atoms with Crippen LogP contribution in [-0.4, -0.2) is 77.8 Å². The number of hydrogen-bond donors (Lipinski definition) is 2. The van der Waals surface area contributed by atoms with Crippen LogP contribution in [0, 0.1) is 23.6 Å². The number of oxime groups is 1. The molecule has 290 valence electrons. The van der Waals surface area contributed by atoms with E-state index in [1.54, 1.807) is 43.1 Å². The molecule has 1 saturated carbocycles. The average Bonchev–Trinajstić information content (AvgIpc) is 3.13. The highest BCUT2D eigenvalue weighted by Crippen LogP contribution is 2.61. The molecule has 6 atom stereocenters. The molecule has 0 aromatic heterocycles. The molecule has 1 amide bonds. The lowest BCUT2D eigenvalue weighted by molar-refractivity contribution is -0.253. The second-order valence-corrected chi connectivity index (χ2v) is 15.2. The van der Waals surface area contributed by atoms with Crippen molar-refractivity contribution < 1.29 is 43.2 Å². The number of carbonyl (C=O) groups excluding carboxylic acids is 1. The van der Waals surface area contributed by atoms with Crippen LogP contribution in [0.15, 0.2) is 71.9 Å². The van der Waals surface area contributed by atoms with Crippen LogP contribution in [0.5, 0.6) is 11.5 Å². The molecular formula is C42H57FN2O8. The predicted octanol–water partition coefficient (Wildman–Crippen LogP) is 7.93. The summed E-state index contributed by atoms with van der Waals surface area (Å²) in [6, 6.07) is 11.6. The largest absolute Gasteiger partial charge is 0.489 e. The van der Waals surface area contributed by atoms with Crippen molar-refractivity contribution in [2.45, 2.75) is 103 Å². The molecule has 0 unspecified atom stereocenters. The lowest BCUT2D eigenvalue weighted by Crippen LogP contribution is -2.69. The van der Waals surface area contributed by atoms with E-state index in [4.69, 9.17) is 28.9 Å². The van der Waals surface area contributed by atoms with E-state index in [1.165, 1.54) is 6.07 Å². The van der Waals surface area contributed by atoms with Gasteiger partial charge < -0.3 is 38.9 Å². The number of amides is 1. The summed E-state index contributed by atoms with van der Waals surface area (Å²) < 4.78 is 40.3. The van der Waals surface area contributed by atoms with Crippen molar-refractivity contribution in [2.24, 2.45) is 22.9 Å². The molecule has 2 aromatic carbocycles. The number of benzene rings is 2. The van der Waals surface area contributed by atoms with Crippen molar-refractivity contribution in [3.63, 3.8) is 0 Å². The van der Waals surface area contributed by atoms with Crippen molar-refractivity contribution in [2.75, 3.05) is 33.5 Å². The van der Waals surface area contributed by atoms with Gasteiger partial charge in [-0.3, -0.25) is 0 Å². The van der Waals surface area contributed by atoms with Gasteiger partial charge in [0.15, 0.2) is 0 Å². The highest BCUT2D eigenvalue weighted by molar-refractivity contribution is 6.03. The molecule has 11 heteroatoms. The number of carbonyl (C=O) groups is 1. The fourth-order valence-electron chi connectivity index (χ4n) is 8.14. The first-order chi connectivity index (χ1) is 25.5. The summed E-state index contributed by atoms with van der Waals surface area (Å²) in [6.45, 7) is 12.1. The number of aliphatic hydroxyl groups is 2. The van der Waals surface area contributed by atoms with Gasteiger partial charge in [0.25, 0.3) is 0 Å². The lowest BCUT2D eigenvalue weighted by Gasteiger charge is -2.59. The van der Waals surface area contributed by atoms with Crippen LogP contribution in [0.25, 0.3) is 0 Å². The van der Waals surface area contributed by atoms with Crippen LogP contribution < -0.4 is 9.47 Å². The van der Waals surface area contributed by atoms with Crippen molar-refractivity contribution in [3.8, 4) is 11.5 Å². The van der Waals surface area contributed by atoms with Crippen LogP contribution >= 0.6 is 0 Å². The number of fused-ring (bicyclic) bond motifs is 2. The Morgan fingerprint density at radius 1 is 1.11 bits per heavy atom. The zero-order valence-corrected chi connectivity index (χ0v) is 31.9. The Labute approximate surface area is 313 Å². The Bertz CT molecular complexity index is 1620. The summed E-state index contributed by atoms with van der Waals surface area (Å²) in [4.78, 5) is 21.2. The summed E-state index contributed by atoms with van der Waals surface area (Å²) in [6.07, 6.45) is 8.32. The SMILES string of the molecule is C=CCO[C@@]12Oc3ccc(OCc4ccccc4F)cc3[C@H]3[C@H](CCCCO)[C@@H](CCCCO)C=C(C(=NOC(C)(C)C)C[C@@H]1N(C)C(=O)OCC)[C@H]32. The number of halogens is 1. The van der Waals surface area contributed by atoms with Crippen molar-refractivity contribution in [1.29, 1.82) is 0 Å². The molecule has 3 aliphatic rings. The van der Waals surface area contributed by atoms with Crippen LogP contribution in [0.3, 0.4) is 0 Å². The van der Waals surface area contributed by atoms with Gasteiger partial charge >= 0.3 is 6.09 Å². The smallest absolute Gasteiger partial charge is 0.409 e. The molecule has 10 nitrogen and oxygen atoms in total. The first-order valence-corrected chi connectivity index (χ1v) is 19.0. The highest BCUT2D eigenvalue weighted by Gasteiger charge is 2.65. The number of aliphatic hydroxyl groups excluding tert-OH is 2. The predicted molar refractivity (Wildman–Crippen MR) is 201 cm³/mol. The third-order valence-corrected chi connectivity index (χ3v) is 10.4. The van der Waals surface area contributed by atoms with Gasteiger partial charge in [0.05, 0.1) is 24.8 Å². The Hall–Kier alpha value is -3.93. The molecule has 0 bridgehead atoms. The van der Waals surface area contributed by atoms with Gasteiger partial charge in [-0.25, -0.2) is 9.18 Å². The van der Waals surface area contributed by atoms with E-state index < -0.39 is 29.4 Å². The Morgan fingerprint density at radius 3 is 2.53 bits per heavy atom. The van der Waals surface area contributed by atoms with Gasteiger partial charge in [0.2, 0.25) is 5.79 Å². The Kier molecular flexibility index (Phi) is 13.6. The van der Waals surface area contributed by atoms with Crippen molar-refractivity contribution in [3.05, 3.63) is 83.7 Å². The van der Waals surface area contributed by atoms with Crippen molar-refractivity contribution in [1.82, 2.24) is 4.90 Å². The van der Waals surface area contributed by atoms with E-state index in [2.05, 4.69) is 12.7 Å². The topological polar surface area (TPSA) is 119 Å². The maximum atomic E-state index is 14.6. The van der Waals surface area contributed by atoms with Crippen LogP contribution in [0.2, 0.25) is 0 Å². The summed E-state index contributed by atoms with van der Waals surface area (Å²) in [7, 11) is 1.70. The van der Waals surface area contributed by atoms with Crippen LogP contribution in [0.1, 0.15) is 89.7 Å². The van der Waals surface area contributed by atoms with E-state index in [0.29, 0.717) is 35.6 Å². The van der Waals surface area contributed by atoms with Gasteiger partial charge in [-0.1, -0.05) is 48.3 Å². The zero-order valence-electron chi connectivity index (χ0n) is 31.9. The van der Waals surface area contributed by atoms with Gasteiger partial charge in [0, 0.05) is 43.7 Å². The van der Waals surface area contributed by atoms with E-state index in [0.717, 1.165) is 36.8 Å². The summed E-state index contributed by atoms with van der Waals surface area (Å²) >= 11 is 0. The third-order valence-electron chi connectivity index (χ3n) is 10.4. The minimum absolute atomic E-state index is 0.0506. The lowest BCUT2D eigenvalue weighted by atomic mass is 9.55. The minimum atomic E-state index is -1.37. The fourth-order valence-corrected chi connectivity index (χ4v) is 8.14. The fraction of sp³-hybridized carbons (Fsp3) is 0.571. The number of likely N-dealkylation sites (N-methyl/N-ethyl adjacent to an activating group) is 1. The number of unbranched alkanes of at least 4 members (excludes halogenated alkanes) is 2. The van der Waals surface area contributed by atoms with E-state index in [-0.39, 0.29) is 63.0 Å². The molecule has 2 N–H and O–H groups in total. The van der Waals surface area contributed by atoms with E-state index in [9.17, 15) is 19.4 Å². The van der Waals surface area contributed by atoms with E-state index >= 15 is 0 Å². The summed E-state index contributed by atoms with van der Waals surface area (Å²) in [5.74, 6) is -1.07. The first kappa shape index (κ1) is 40.3. The molecule has 1 fully saturated rings. The number of rotatable bonds is 17. The molecule has 0 saturated heterocycles. The Morgan fingerprint density at radius 2 is 1.85 bits per heavy atom. The monoisotopic (exact) mass is 736 g/mol. The Balaban J connectivity index is 1.74. The molecular weight excluding hydrogens is 679 g/mol. The third kappa shape index (κ3) is 9.07. The summed E-state index contributed by atoms with van der Waals surface area (Å²) in [5.41, 5.74) is 2.43. The van der Waals surface area contributed by atoms with Crippen LogP contribution in [0.4, 0.5) is 9.18 Å². The van der Waals surface area contributed by atoms with E-state index in [1.807, 2.05) is 39.0 Å². The minimum Gasteiger partial charge on any atom is -0.489 e. The second-order valence-electron chi connectivity index (χ2n) is 15.2. The van der Waals surface area contributed by atoms with Crippen molar-refractivity contribution >= 4 is 11.8 Å². The molecule has 1 aliphatic heterocycles. The van der Waals surface area contributed by atoms with Crippen LogP contribution in [-0.2, 0) is 20.9 Å². The maximum Gasteiger partial charge on any atom is 0.409 e. The first-order valence-electron chi connectivity index (χ1n) is 19.0. The molecule has 0 spiro atoms. The molecule has 53 heavy (non-hydrogen) atoms. The molecule has 2 aromatic rings. The van der Waals surface area contributed by atoms with Gasteiger partial charge in [-0.2, -0.15) is 0 Å². The highest BCUT2D eigenvalue weighted by atomic mass is 19.1. The molecule has 1 heterocycles.